The van der Waals surface area contributed by atoms with Gasteiger partial charge in [0.2, 0.25) is 0 Å². The quantitative estimate of drug-likeness (QED) is 0.587. The summed E-state index contributed by atoms with van der Waals surface area (Å²) in [6.07, 6.45) is 0. The van der Waals surface area contributed by atoms with E-state index >= 15 is 0 Å². The molecule has 0 radical (unpaired) electrons. The van der Waals surface area contributed by atoms with Gasteiger partial charge in [0.1, 0.15) is 0 Å². The van der Waals surface area contributed by atoms with E-state index in [0.29, 0.717) is 41.8 Å². The van der Waals surface area contributed by atoms with Gasteiger partial charge in [0, 0.05) is 0 Å². The molecule has 0 aromatic rings. The van der Waals surface area contributed by atoms with Crippen molar-refractivity contribution in [1.82, 2.24) is 0 Å². The zero-order chi connectivity index (χ0) is 4.24. The van der Waals surface area contributed by atoms with Gasteiger partial charge in [-0.25, -0.2) is 0 Å². The molecule has 0 atom stereocenters. The first-order valence-corrected chi connectivity index (χ1v) is 8.75. The molecular weight excluding hydrogens is 303 g/mol. The van der Waals surface area contributed by atoms with Crippen molar-refractivity contribution in [2.24, 2.45) is 0 Å². The molecule has 1 heterocycles. The molecule has 36 valence electrons. The average molecular weight is 311 g/mol. The van der Waals surface area contributed by atoms with Gasteiger partial charge in [-0.15, -0.1) is 0 Å². The molecule has 1 aliphatic heterocycles. The van der Waals surface area contributed by atoms with E-state index in [4.69, 9.17) is 0 Å². The summed E-state index contributed by atoms with van der Waals surface area (Å²) in [5.41, 5.74) is 0. The minimum atomic E-state index is 0.604. The molecule has 1 aliphatic rings. The Morgan fingerprint density at radius 1 is 0.667 bits per heavy atom. The Bertz CT molecular complexity index is 21.0. The first-order chi connectivity index (χ1) is 3.00. The van der Waals surface area contributed by atoms with Crippen LogP contribution in [0, 0.1) is 0 Å². The van der Waals surface area contributed by atoms with Gasteiger partial charge in [-0.1, -0.05) is 0 Å². The number of rotatable bonds is 0. The number of hydrogen-bond donors (Lipinski definition) is 0. The van der Waals surface area contributed by atoms with Crippen LogP contribution in [0.15, 0.2) is 0 Å². The molecule has 0 aliphatic carbocycles. The monoisotopic (exact) mass is 316 g/mol. The van der Waals surface area contributed by atoms with Crippen molar-refractivity contribution in [2.75, 3.05) is 0 Å². The standard InChI is InChI=1S/C4H8Te2/c1-2-6-4-3-5-1/h1-4H2. The van der Waals surface area contributed by atoms with Crippen molar-refractivity contribution >= 4 is 41.8 Å². The molecular formula is C4H8Te2. The van der Waals surface area contributed by atoms with Gasteiger partial charge in [0.25, 0.3) is 0 Å². The van der Waals surface area contributed by atoms with Gasteiger partial charge in [-0.2, -0.15) is 0 Å². The van der Waals surface area contributed by atoms with Crippen LogP contribution < -0.4 is 0 Å². The molecule has 1 fully saturated rings. The molecule has 0 unspecified atom stereocenters. The van der Waals surface area contributed by atoms with E-state index in [1.54, 1.807) is 17.9 Å². The van der Waals surface area contributed by atoms with Crippen LogP contribution in [0.25, 0.3) is 0 Å². The minimum absolute atomic E-state index is 0.604. The van der Waals surface area contributed by atoms with Crippen molar-refractivity contribution in [2.45, 2.75) is 17.9 Å². The summed E-state index contributed by atoms with van der Waals surface area (Å²) in [4.78, 5) is 0. The summed E-state index contributed by atoms with van der Waals surface area (Å²) < 4.78 is 6.75. The number of hydrogen-bond acceptors (Lipinski definition) is 0. The van der Waals surface area contributed by atoms with Gasteiger partial charge in [-0.3, -0.25) is 0 Å². The molecule has 1 rings (SSSR count). The van der Waals surface area contributed by atoms with Crippen LogP contribution in [0.4, 0.5) is 0 Å². The molecule has 0 amide bonds. The van der Waals surface area contributed by atoms with Crippen molar-refractivity contribution in [3.8, 4) is 0 Å². The summed E-state index contributed by atoms with van der Waals surface area (Å²) in [5, 5.41) is 0. The zero-order valence-electron chi connectivity index (χ0n) is 3.64. The SMILES string of the molecule is C1C[Te]CC[Te]1. The maximum absolute atomic E-state index is 1.69. The second kappa shape index (κ2) is 3.57. The van der Waals surface area contributed by atoms with Gasteiger partial charge < -0.3 is 0 Å². The predicted octanol–water partition coefficient (Wildman–Crippen LogP) is 1.08. The molecule has 0 bridgehead atoms. The summed E-state index contributed by atoms with van der Waals surface area (Å²) in [7, 11) is 0. The van der Waals surface area contributed by atoms with Crippen LogP contribution in [-0.4, -0.2) is 41.8 Å². The average Bonchev–Trinajstić information content (AvgIpc) is 1.72. The molecule has 0 aromatic heterocycles. The summed E-state index contributed by atoms with van der Waals surface area (Å²) >= 11 is 1.21. The summed E-state index contributed by atoms with van der Waals surface area (Å²) in [5.74, 6) is 0. The van der Waals surface area contributed by atoms with E-state index in [2.05, 4.69) is 0 Å². The first-order valence-electron chi connectivity index (χ1n) is 2.15. The second-order valence-electron chi connectivity index (χ2n) is 1.22. The fourth-order valence-corrected chi connectivity index (χ4v) is 12.0. The molecule has 0 N–H and O–H groups in total. The van der Waals surface area contributed by atoms with E-state index in [1.165, 1.54) is 0 Å². The van der Waals surface area contributed by atoms with Crippen molar-refractivity contribution in [3.05, 3.63) is 0 Å². The van der Waals surface area contributed by atoms with Crippen LogP contribution in [0.3, 0.4) is 0 Å². The Morgan fingerprint density at radius 2 is 1.00 bits per heavy atom. The third-order valence-electron chi connectivity index (χ3n) is 0.744. The van der Waals surface area contributed by atoms with Crippen LogP contribution in [0.5, 0.6) is 0 Å². The van der Waals surface area contributed by atoms with Crippen LogP contribution >= 0.6 is 0 Å². The van der Waals surface area contributed by atoms with Crippen molar-refractivity contribution in [3.63, 3.8) is 0 Å². The van der Waals surface area contributed by atoms with Crippen molar-refractivity contribution < 1.29 is 0 Å². The molecule has 0 aromatic carbocycles. The van der Waals surface area contributed by atoms with Crippen LogP contribution in [0.2, 0.25) is 17.9 Å². The Hall–Kier alpha value is 1.58. The third kappa shape index (κ3) is 2.04. The predicted molar refractivity (Wildman–Crippen MR) is 30.7 cm³/mol. The first kappa shape index (κ1) is 5.71. The summed E-state index contributed by atoms with van der Waals surface area (Å²) in [6.45, 7) is 0. The van der Waals surface area contributed by atoms with Crippen molar-refractivity contribution in [1.29, 1.82) is 0 Å². The fourth-order valence-electron chi connectivity index (χ4n) is 0.440. The van der Waals surface area contributed by atoms with E-state index in [9.17, 15) is 0 Å². The van der Waals surface area contributed by atoms with Crippen LogP contribution in [-0.2, 0) is 0 Å². The zero-order valence-corrected chi connectivity index (χ0v) is 8.31. The normalized spacial score (nSPS) is 24.0. The topological polar surface area (TPSA) is 0 Å². The Labute approximate surface area is 59.2 Å². The molecule has 0 spiro atoms. The van der Waals surface area contributed by atoms with Crippen LogP contribution in [0.1, 0.15) is 0 Å². The Morgan fingerprint density at radius 3 is 1.17 bits per heavy atom. The van der Waals surface area contributed by atoms with Gasteiger partial charge in [0.05, 0.1) is 0 Å². The Kier molecular flexibility index (Phi) is 3.39. The fraction of sp³-hybridized carbons (Fsp3) is 1.00. The second-order valence-corrected chi connectivity index (χ2v) is 8.22. The molecule has 6 heavy (non-hydrogen) atoms. The van der Waals surface area contributed by atoms with Gasteiger partial charge in [0.15, 0.2) is 0 Å². The summed E-state index contributed by atoms with van der Waals surface area (Å²) in [6, 6.07) is 0. The Balaban J connectivity index is 2.00. The molecule has 2 heteroatoms. The molecule has 0 saturated carbocycles. The molecule has 1 saturated heterocycles. The van der Waals surface area contributed by atoms with Gasteiger partial charge in [-0.05, 0) is 0 Å². The van der Waals surface area contributed by atoms with E-state index in [1.807, 2.05) is 0 Å². The van der Waals surface area contributed by atoms with E-state index < -0.39 is 0 Å². The third-order valence-corrected chi connectivity index (χ3v) is 11.4. The van der Waals surface area contributed by atoms with E-state index in [0.717, 1.165) is 0 Å². The van der Waals surface area contributed by atoms with E-state index in [-0.39, 0.29) is 0 Å². The maximum atomic E-state index is 1.69. The molecule has 0 nitrogen and oxygen atoms in total. The van der Waals surface area contributed by atoms with Gasteiger partial charge >= 0.3 is 59.7 Å².